The molecule has 0 aromatic heterocycles. The molecule has 6 nitrogen and oxygen atoms in total. The van der Waals surface area contributed by atoms with Gasteiger partial charge in [-0.3, -0.25) is 0 Å². The number of carboxylic acids is 1. The summed E-state index contributed by atoms with van der Waals surface area (Å²) in [5.74, 6) is -1.18. The Balaban J connectivity index is 1.23. The monoisotopic (exact) mass is 548 g/mol. The van der Waals surface area contributed by atoms with Crippen molar-refractivity contribution in [2.24, 2.45) is 0 Å². The molecule has 1 heterocycles. The van der Waals surface area contributed by atoms with Gasteiger partial charge in [0.05, 0.1) is 0 Å². The SMILES string of the molecule is O=C(NC(Cc1ccc(N2CCCCC2)cc1Br)C(=O)O)OCC1c2ccccc2-c2ccccc21. The number of anilines is 1. The van der Waals surface area contributed by atoms with Crippen LogP contribution in [0.2, 0.25) is 0 Å². The number of halogens is 1. The van der Waals surface area contributed by atoms with Crippen molar-refractivity contribution >= 4 is 33.7 Å². The van der Waals surface area contributed by atoms with E-state index < -0.39 is 18.1 Å². The summed E-state index contributed by atoms with van der Waals surface area (Å²) >= 11 is 3.60. The fourth-order valence-electron chi connectivity index (χ4n) is 5.25. The maximum atomic E-state index is 12.7. The summed E-state index contributed by atoms with van der Waals surface area (Å²) in [4.78, 5) is 27.0. The zero-order chi connectivity index (χ0) is 25.1. The number of benzene rings is 3. The van der Waals surface area contributed by atoms with Crippen LogP contribution in [0.25, 0.3) is 11.1 Å². The third-order valence-electron chi connectivity index (χ3n) is 7.12. The first-order valence-corrected chi connectivity index (χ1v) is 13.2. The molecule has 3 aromatic rings. The molecule has 1 unspecified atom stereocenters. The molecule has 1 saturated heterocycles. The van der Waals surface area contributed by atoms with Gasteiger partial charge in [-0.25, -0.2) is 9.59 Å². The molecule has 1 aliphatic carbocycles. The molecule has 1 fully saturated rings. The molecule has 3 aromatic carbocycles. The summed E-state index contributed by atoms with van der Waals surface area (Å²) in [6.07, 6.45) is 3.05. The Morgan fingerprint density at radius 2 is 1.61 bits per heavy atom. The molecule has 7 heteroatoms. The van der Waals surface area contributed by atoms with Gasteiger partial charge < -0.3 is 20.1 Å². The average molecular weight is 549 g/mol. The predicted octanol–water partition coefficient (Wildman–Crippen LogP) is 5.97. The standard InChI is InChI=1S/C29H29BrN2O4/c30-26-17-20(32-14-6-1-7-15-32)13-12-19(26)16-27(28(33)34)31-29(35)36-18-25-23-10-4-2-8-21(23)22-9-3-5-11-24(22)25/h2-5,8-13,17,25,27H,1,6-7,14-16,18H2,(H,31,35)(H,33,34). The van der Waals surface area contributed by atoms with Crippen molar-refractivity contribution in [3.8, 4) is 11.1 Å². The molecule has 186 valence electrons. The topological polar surface area (TPSA) is 78.9 Å². The molecule has 2 aliphatic rings. The van der Waals surface area contributed by atoms with E-state index in [1.54, 1.807) is 0 Å². The molecular formula is C29H29BrN2O4. The van der Waals surface area contributed by atoms with Crippen LogP contribution in [0.5, 0.6) is 0 Å². The molecule has 5 rings (SSSR count). The Morgan fingerprint density at radius 3 is 2.22 bits per heavy atom. The second-order valence-corrected chi connectivity index (χ2v) is 10.2. The van der Waals surface area contributed by atoms with Crippen LogP contribution >= 0.6 is 15.9 Å². The Hall–Kier alpha value is -3.32. The van der Waals surface area contributed by atoms with E-state index in [1.807, 2.05) is 54.6 Å². The van der Waals surface area contributed by atoms with E-state index in [0.717, 1.165) is 51.1 Å². The highest BCUT2D eigenvalue weighted by Crippen LogP contribution is 2.44. The minimum atomic E-state index is -1.10. The number of hydrogen-bond acceptors (Lipinski definition) is 4. The summed E-state index contributed by atoms with van der Waals surface area (Å²) in [5, 5.41) is 12.3. The molecule has 0 saturated carbocycles. The van der Waals surface area contributed by atoms with Crippen molar-refractivity contribution in [1.82, 2.24) is 5.32 Å². The first-order chi connectivity index (χ1) is 17.5. The van der Waals surface area contributed by atoms with Crippen LogP contribution in [0.15, 0.2) is 71.2 Å². The van der Waals surface area contributed by atoms with Crippen LogP contribution in [-0.2, 0) is 16.0 Å². The summed E-state index contributed by atoms with van der Waals surface area (Å²) in [7, 11) is 0. The first kappa shape index (κ1) is 24.4. The molecule has 0 spiro atoms. The van der Waals surface area contributed by atoms with Crippen molar-refractivity contribution in [1.29, 1.82) is 0 Å². The summed E-state index contributed by atoms with van der Waals surface area (Å²) < 4.78 is 6.39. The fourth-order valence-corrected chi connectivity index (χ4v) is 5.78. The minimum Gasteiger partial charge on any atom is -0.480 e. The summed E-state index contributed by atoms with van der Waals surface area (Å²) in [6, 6.07) is 21.1. The number of alkyl carbamates (subject to hydrolysis) is 1. The van der Waals surface area contributed by atoms with Crippen LogP contribution in [-0.4, -0.2) is 42.9 Å². The lowest BCUT2D eigenvalue weighted by Crippen LogP contribution is -2.43. The number of carboxylic acid groups (broad SMARTS) is 1. The number of carbonyl (C=O) groups excluding carboxylic acids is 1. The van der Waals surface area contributed by atoms with Crippen LogP contribution < -0.4 is 10.2 Å². The summed E-state index contributed by atoms with van der Waals surface area (Å²) in [6.45, 7) is 2.21. The van der Waals surface area contributed by atoms with E-state index >= 15 is 0 Å². The maximum absolute atomic E-state index is 12.7. The average Bonchev–Trinajstić information content (AvgIpc) is 3.22. The van der Waals surface area contributed by atoms with Crippen LogP contribution in [0, 0.1) is 0 Å². The van der Waals surface area contributed by atoms with Gasteiger partial charge in [-0.15, -0.1) is 0 Å². The molecule has 0 radical (unpaired) electrons. The number of aliphatic carboxylic acids is 1. The molecule has 0 bridgehead atoms. The van der Waals surface area contributed by atoms with Gasteiger partial charge in [0.2, 0.25) is 0 Å². The quantitative estimate of drug-likeness (QED) is 0.380. The molecule has 1 aliphatic heterocycles. The third kappa shape index (κ3) is 5.12. The fraction of sp³-hybridized carbons (Fsp3) is 0.310. The van der Waals surface area contributed by atoms with Crippen molar-refractivity contribution in [2.45, 2.75) is 37.6 Å². The molecule has 1 atom stereocenters. The Bertz CT molecular complexity index is 1230. The number of fused-ring (bicyclic) bond motifs is 3. The Morgan fingerprint density at radius 1 is 0.972 bits per heavy atom. The van der Waals surface area contributed by atoms with Gasteiger partial charge in [0.1, 0.15) is 12.6 Å². The van der Waals surface area contributed by atoms with Crippen LogP contribution in [0.1, 0.15) is 41.9 Å². The predicted molar refractivity (Wildman–Crippen MR) is 144 cm³/mol. The first-order valence-electron chi connectivity index (χ1n) is 12.4. The third-order valence-corrected chi connectivity index (χ3v) is 7.85. The largest absolute Gasteiger partial charge is 0.480 e. The molecular weight excluding hydrogens is 520 g/mol. The number of carbonyl (C=O) groups is 2. The lowest BCUT2D eigenvalue weighted by molar-refractivity contribution is -0.139. The van der Waals surface area contributed by atoms with Crippen molar-refractivity contribution in [3.63, 3.8) is 0 Å². The molecule has 2 N–H and O–H groups in total. The van der Waals surface area contributed by atoms with Gasteiger partial charge in [-0.05, 0) is 59.2 Å². The highest BCUT2D eigenvalue weighted by atomic mass is 79.9. The van der Waals surface area contributed by atoms with E-state index in [2.05, 4.69) is 38.3 Å². The van der Waals surface area contributed by atoms with Gasteiger partial charge in [0.25, 0.3) is 0 Å². The van der Waals surface area contributed by atoms with E-state index in [4.69, 9.17) is 4.74 Å². The van der Waals surface area contributed by atoms with Gasteiger partial charge in [0.15, 0.2) is 0 Å². The number of ether oxygens (including phenoxy) is 1. The van der Waals surface area contributed by atoms with Gasteiger partial charge >= 0.3 is 12.1 Å². The zero-order valence-corrected chi connectivity index (χ0v) is 21.5. The van der Waals surface area contributed by atoms with Gasteiger partial charge in [0, 0.05) is 35.6 Å². The number of hydrogen-bond donors (Lipinski definition) is 2. The van der Waals surface area contributed by atoms with Crippen molar-refractivity contribution < 1.29 is 19.4 Å². The van der Waals surface area contributed by atoms with E-state index in [0.29, 0.717) is 0 Å². The second kappa shape index (κ2) is 10.7. The number of rotatable bonds is 7. The number of amides is 1. The molecule has 1 amide bonds. The number of nitrogens with zero attached hydrogens (tertiary/aromatic N) is 1. The normalized spacial score (nSPS) is 15.6. The highest BCUT2D eigenvalue weighted by molar-refractivity contribution is 9.10. The zero-order valence-electron chi connectivity index (χ0n) is 20.0. The van der Waals surface area contributed by atoms with Gasteiger partial charge in [-0.2, -0.15) is 0 Å². The smallest absolute Gasteiger partial charge is 0.407 e. The van der Waals surface area contributed by atoms with Crippen LogP contribution in [0.4, 0.5) is 10.5 Å². The number of nitrogens with one attached hydrogen (secondary N) is 1. The van der Waals surface area contributed by atoms with E-state index in [-0.39, 0.29) is 18.9 Å². The number of piperidine rings is 1. The Labute approximate surface area is 219 Å². The minimum absolute atomic E-state index is 0.0806. The summed E-state index contributed by atoms with van der Waals surface area (Å²) in [5.41, 5.74) is 6.45. The lowest BCUT2D eigenvalue weighted by atomic mass is 9.98. The van der Waals surface area contributed by atoms with E-state index in [9.17, 15) is 14.7 Å². The second-order valence-electron chi connectivity index (χ2n) is 9.39. The van der Waals surface area contributed by atoms with Crippen molar-refractivity contribution in [3.05, 3.63) is 87.9 Å². The Kier molecular flexibility index (Phi) is 7.28. The maximum Gasteiger partial charge on any atom is 0.407 e. The van der Waals surface area contributed by atoms with Crippen LogP contribution in [0.3, 0.4) is 0 Å². The van der Waals surface area contributed by atoms with Crippen molar-refractivity contribution in [2.75, 3.05) is 24.6 Å². The van der Waals surface area contributed by atoms with E-state index in [1.165, 1.54) is 19.3 Å². The van der Waals surface area contributed by atoms with Gasteiger partial charge in [-0.1, -0.05) is 70.5 Å². The molecule has 36 heavy (non-hydrogen) atoms. The highest BCUT2D eigenvalue weighted by Gasteiger charge is 2.30. The lowest BCUT2D eigenvalue weighted by Gasteiger charge is -2.29.